The molecule has 0 saturated carbocycles. The van der Waals surface area contributed by atoms with Gasteiger partial charge in [-0.05, 0) is 0 Å². The van der Waals surface area contributed by atoms with Gasteiger partial charge >= 0.3 is 275 Å². The second-order valence-electron chi connectivity index (χ2n) is 13.2. The summed E-state index contributed by atoms with van der Waals surface area (Å²) < 4.78 is 18.7. The number of hydrogen-bond donors (Lipinski definition) is 0. The molecule has 238 valence electrons. The van der Waals surface area contributed by atoms with E-state index in [9.17, 15) is 0 Å². The Morgan fingerprint density at radius 2 is 0.674 bits per heavy atom. The van der Waals surface area contributed by atoms with Crippen LogP contribution in [0.1, 0.15) is 119 Å². The van der Waals surface area contributed by atoms with Gasteiger partial charge in [-0.2, -0.15) is 0 Å². The molecule has 0 atom stereocenters. The Morgan fingerprint density at radius 1 is 0.419 bits per heavy atom. The van der Waals surface area contributed by atoms with E-state index < -0.39 is 36.8 Å². The van der Waals surface area contributed by atoms with Gasteiger partial charge in [0.05, 0.1) is 0 Å². The van der Waals surface area contributed by atoms with Crippen molar-refractivity contribution in [2.24, 2.45) is 0 Å². The fraction of sp³-hybridized carbons (Fsp3) is 0.632. The molecule has 0 unspecified atom stereocenters. The average Bonchev–Trinajstić information content (AvgIpc) is 3.55. The molecule has 0 aliphatic carbocycles. The first kappa shape index (κ1) is 36.6. The van der Waals surface area contributed by atoms with Crippen LogP contribution in [0.15, 0.2) is 52.9 Å². The molecule has 0 aliphatic rings. The molecule has 0 saturated heterocycles. The molecule has 0 aliphatic heterocycles. The second-order valence-corrected chi connectivity index (χ2v) is 39.7. The molecule has 1 heterocycles. The molecule has 0 spiro atoms. The van der Waals surface area contributed by atoms with E-state index in [2.05, 4.69) is 100 Å². The van der Waals surface area contributed by atoms with E-state index in [1.165, 1.54) is 104 Å². The number of unbranched alkanes of at least 4 members (excludes halogenated alkanes) is 6. The molecule has 0 radical (unpaired) electrons. The average molecular weight is 800 g/mol. The van der Waals surface area contributed by atoms with E-state index in [0.717, 1.165) is 11.1 Å². The van der Waals surface area contributed by atoms with Crippen LogP contribution in [0.5, 0.6) is 0 Å². The van der Waals surface area contributed by atoms with Crippen LogP contribution in [0, 0.1) is 0 Å². The molecule has 0 fully saturated rings. The number of nitrogens with zero attached hydrogens (tertiary/aromatic N) is 2. The fourth-order valence-electron chi connectivity index (χ4n) is 7.10. The first-order valence-corrected chi connectivity index (χ1v) is 33.0. The standard InChI is InChI=1S/C14H8N2O.6C4H9.2Sn/c1-3-7-11(8-4-1)13-15-16-14(17-13)12-9-5-2-6-10-12;6*1-3-4-2;;/h3-10H;6*1,3-4H2,2H3;;. The summed E-state index contributed by atoms with van der Waals surface area (Å²) in [6.45, 7) is 14.1. The van der Waals surface area contributed by atoms with E-state index >= 15 is 0 Å². The second kappa shape index (κ2) is 19.6. The summed E-state index contributed by atoms with van der Waals surface area (Å²) in [6.07, 6.45) is 16.2. The molecule has 3 rings (SSSR count). The minimum absolute atomic E-state index is 0.643. The maximum absolute atomic E-state index is 6.31. The van der Waals surface area contributed by atoms with Crippen molar-refractivity contribution in [1.29, 1.82) is 0 Å². The molecule has 2 aromatic carbocycles. The molecule has 0 bridgehead atoms. The molecular formula is C38H62N2OSn2. The molecule has 0 amide bonds. The van der Waals surface area contributed by atoms with E-state index in [-0.39, 0.29) is 0 Å². The Kier molecular flexibility index (Phi) is 16.7. The number of aromatic nitrogens is 2. The SMILES string of the molecule is CCC[CH2][Sn]([CH2]CCC)([CH2]CCC)[c]1ccc(-c2nnc(-c3cc[c]([Sn]([CH2]CCC)([CH2]CCC)[CH2]CCC)cc3)o2)cc1. The van der Waals surface area contributed by atoms with Gasteiger partial charge in [0, 0.05) is 0 Å². The van der Waals surface area contributed by atoms with Crippen LogP contribution in [0.3, 0.4) is 0 Å². The summed E-state index contributed by atoms with van der Waals surface area (Å²) in [5, 5.41) is 9.02. The predicted molar refractivity (Wildman–Crippen MR) is 194 cm³/mol. The van der Waals surface area contributed by atoms with E-state index in [0.29, 0.717) is 11.8 Å². The van der Waals surface area contributed by atoms with Crippen LogP contribution in [-0.2, 0) is 0 Å². The summed E-state index contributed by atoms with van der Waals surface area (Å²) in [7, 11) is 0. The quantitative estimate of drug-likeness (QED) is 0.0950. The topological polar surface area (TPSA) is 38.9 Å². The third-order valence-electron chi connectivity index (χ3n) is 9.97. The number of rotatable bonds is 22. The van der Waals surface area contributed by atoms with E-state index in [1.54, 1.807) is 7.16 Å². The Balaban J connectivity index is 1.84. The molecule has 3 nitrogen and oxygen atoms in total. The summed E-state index contributed by atoms with van der Waals surface area (Å²) in [6, 6.07) is 18.8. The van der Waals surface area contributed by atoms with Crippen molar-refractivity contribution in [2.75, 3.05) is 0 Å². The van der Waals surface area contributed by atoms with Crippen LogP contribution in [0.25, 0.3) is 22.9 Å². The molecular weight excluding hydrogens is 738 g/mol. The zero-order chi connectivity index (χ0) is 31.0. The van der Waals surface area contributed by atoms with Crippen molar-refractivity contribution in [3.63, 3.8) is 0 Å². The van der Waals surface area contributed by atoms with Crippen molar-refractivity contribution in [3.8, 4) is 22.9 Å². The maximum atomic E-state index is 6.31. The van der Waals surface area contributed by atoms with Crippen molar-refractivity contribution in [2.45, 2.75) is 145 Å². The normalized spacial score (nSPS) is 12.2. The fourth-order valence-corrected chi connectivity index (χ4v) is 39.0. The van der Waals surface area contributed by atoms with E-state index in [4.69, 9.17) is 4.42 Å². The third-order valence-corrected chi connectivity index (χ3v) is 41.3. The van der Waals surface area contributed by atoms with Crippen LogP contribution in [-0.4, -0.2) is 47.0 Å². The Labute approximate surface area is 273 Å². The zero-order valence-corrected chi connectivity index (χ0v) is 34.4. The minimum atomic E-state index is -2.44. The van der Waals surface area contributed by atoms with Crippen molar-refractivity contribution in [1.82, 2.24) is 10.2 Å². The van der Waals surface area contributed by atoms with Gasteiger partial charge < -0.3 is 0 Å². The van der Waals surface area contributed by atoms with E-state index in [1.807, 2.05) is 0 Å². The van der Waals surface area contributed by atoms with Gasteiger partial charge in [0.15, 0.2) is 0 Å². The third kappa shape index (κ3) is 10.3. The number of hydrogen-bond acceptors (Lipinski definition) is 3. The monoisotopic (exact) mass is 802 g/mol. The van der Waals surface area contributed by atoms with Gasteiger partial charge in [-0.1, -0.05) is 0 Å². The first-order chi connectivity index (χ1) is 21.0. The van der Waals surface area contributed by atoms with Gasteiger partial charge in [0.25, 0.3) is 0 Å². The van der Waals surface area contributed by atoms with Crippen LogP contribution < -0.4 is 7.16 Å². The predicted octanol–water partition coefficient (Wildman–Crippen LogP) is 11.5. The van der Waals surface area contributed by atoms with Crippen molar-refractivity contribution < 1.29 is 4.42 Å². The zero-order valence-electron chi connectivity index (χ0n) is 28.6. The summed E-state index contributed by atoms with van der Waals surface area (Å²) >= 11 is -4.87. The van der Waals surface area contributed by atoms with Crippen molar-refractivity contribution in [3.05, 3.63) is 48.5 Å². The van der Waals surface area contributed by atoms with Gasteiger partial charge in [-0.15, -0.1) is 0 Å². The van der Waals surface area contributed by atoms with Gasteiger partial charge in [-0.3, -0.25) is 0 Å². The number of benzene rings is 2. The summed E-state index contributed by atoms with van der Waals surface area (Å²) in [4.78, 5) is 0. The molecule has 1 aromatic heterocycles. The van der Waals surface area contributed by atoms with Gasteiger partial charge in [-0.25, -0.2) is 0 Å². The van der Waals surface area contributed by atoms with Gasteiger partial charge in [0.2, 0.25) is 0 Å². The Hall–Kier alpha value is -0.823. The Bertz CT molecular complexity index is 1020. The summed E-state index contributed by atoms with van der Waals surface area (Å²) in [5.74, 6) is 1.29. The molecule has 43 heavy (non-hydrogen) atoms. The van der Waals surface area contributed by atoms with Crippen LogP contribution in [0.4, 0.5) is 0 Å². The van der Waals surface area contributed by atoms with Crippen LogP contribution >= 0.6 is 0 Å². The molecule has 3 aromatic rings. The van der Waals surface area contributed by atoms with Gasteiger partial charge in [0.1, 0.15) is 0 Å². The van der Waals surface area contributed by atoms with Crippen LogP contribution in [0.2, 0.25) is 26.6 Å². The molecule has 0 N–H and O–H groups in total. The van der Waals surface area contributed by atoms with Crippen molar-refractivity contribution >= 4 is 43.9 Å². The summed E-state index contributed by atoms with van der Waals surface area (Å²) in [5.41, 5.74) is 2.10. The molecule has 5 heteroatoms. The Morgan fingerprint density at radius 3 is 0.907 bits per heavy atom. The first-order valence-electron chi connectivity index (χ1n) is 18.1.